The number of rotatable bonds is 2. The number of nitrogens with one attached hydrogen (secondary N) is 1. The maximum atomic E-state index is 8.61. The molecule has 0 fully saturated rings. The summed E-state index contributed by atoms with van der Waals surface area (Å²) < 4.78 is 0. The van der Waals surface area contributed by atoms with Crippen LogP contribution in [0.15, 0.2) is 23.2 Å². The van der Waals surface area contributed by atoms with Gasteiger partial charge in [-0.2, -0.15) is 0 Å². The van der Waals surface area contributed by atoms with Crippen LogP contribution in [0.4, 0.5) is 5.69 Å². The van der Waals surface area contributed by atoms with Crippen molar-refractivity contribution in [2.75, 3.05) is 0 Å². The quantitative estimate of drug-likeness (QED) is 0.395. The number of hydrogen-bond donors (Lipinski definition) is 3. The van der Waals surface area contributed by atoms with Crippen LogP contribution in [0, 0.1) is 6.92 Å². The van der Waals surface area contributed by atoms with Crippen molar-refractivity contribution < 1.29 is 5.21 Å². The van der Waals surface area contributed by atoms with Gasteiger partial charge < -0.3 is 5.73 Å². The molecular weight excluding hydrogens is 190 g/mol. The van der Waals surface area contributed by atoms with Gasteiger partial charge in [-0.1, -0.05) is 32.0 Å². The van der Waals surface area contributed by atoms with E-state index in [9.17, 15) is 0 Å². The van der Waals surface area contributed by atoms with Crippen molar-refractivity contribution in [3.63, 3.8) is 0 Å². The zero-order valence-corrected chi connectivity index (χ0v) is 9.28. The second-order valence-electron chi connectivity index (χ2n) is 3.78. The maximum Gasteiger partial charge on any atom is 0.218 e. The molecule has 4 nitrogen and oxygen atoms in total. The van der Waals surface area contributed by atoms with Gasteiger partial charge in [-0.25, -0.2) is 10.5 Å². The van der Waals surface area contributed by atoms with Gasteiger partial charge in [-0.3, -0.25) is 5.21 Å². The Hall–Kier alpha value is -1.55. The lowest BCUT2D eigenvalue weighted by Gasteiger charge is -2.12. The Morgan fingerprint density at radius 3 is 2.67 bits per heavy atom. The van der Waals surface area contributed by atoms with Crippen LogP contribution in [0.1, 0.15) is 30.9 Å². The van der Waals surface area contributed by atoms with Gasteiger partial charge in [0.2, 0.25) is 5.96 Å². The highest BCUT2D eigenvalue weighted by atomic mass is 16.5. The van der Waals surface area contributed by atoms with E-state index in [-0.39, 0.29) is 5.96 Å². The summed E-state index contributed by atoms with van der Waals surface area (Å²) in [7, 11) is 0. The van der Waals surface area contributed by atoms with Crippen LogP contribution in [0.25, 0.3) is 0 Å². The molecule has 0 aliphatic carbocycles. The van der Waals surface area contributed by atoms with E-state index in [4.69, 9.17) is 10.9 Å². The lowest BCUT2D eigenvalue weighted by atomic mass is 9.98. The predicted octanol–water partition coefficient (Wildman–Crippen LogP) is 2.04. The molecular formula is C11H17N3O. The summed E-state index contributed by atoms with van der Waals surface area (Å²) in [5, 5.41) is 8.61. The minimum atomic E-state index is 0.00574. The first-order valence-corrected chi connectivity index (χ1v) is 4.90. The summed E-state index contributed by atoms with van der Waals surface area (Å²) >= 11 is 0. The number of guanidine groups is 1. The fourth-order valence-corrected chi connectivity index (χ4v) is 1.45. The Bertz CT molecular complexity index is 372. The first-order chi connectivity index (χ1) is 7.06. The zero-order chi connectivity index (χ0) is 11.4. The Balaban J connectivity index is 3.25. The van der Waals surface area contributed by atoms with Gasteiger partial charge >= 0.3 is 0 Å². The van der Waals surface area contributed by atoms with Crippen LogP contribution in [-0.2, 0) is 0 Å². The summed E-state index contributed by atoms with van der Waals surface area (Å²) in [6.45, 7) is 6.15. The molecule has 0 aliphatic heterocycles. The normalized spacial score (nSPS) is 11.9. The maximum absolute atomic E-state index is 8.61. The fraction of sp³-hybridized carbons (Fsp3) is 0.364. The number of aryl methyl sites for hydroxylation is 1. The summed E-state index contributed by atoms with van der Waals surface area (Å²) in [5.41, 5.74) is 10.3. The number of aliphatic imine (C=N–C) groups is 1. The van der Waals surface area contributed by atoms with Crippen LogP contribution in [0.5, 0.6) is 0 Å². The van der Waals surface area contributed by atoms with E-state index in [1.165, 1.54) is 0 Å². The molecule has 0 saturated carbocycles. The molecule has 0 bridgehead atoms. The van der Waals surface area contributed by atoms with E-state index in [1.54, 1.807) is 0 Å². The second kappa shape index (κ2) is 4.79. The molecule has 0 radical (unpaired) electrons. The number of nitrogens with two attached hydrogens (primary N) is 1. The van der Waals surface area contributed by atoms with Crippen molar-refractivity contribution in [2.45, 2.75) is 26.7 Å². The number of para-hydroxylation sites is 1. The molecule has 1 aromatic rings. The van der Waals surface area contributed by atoms with E-state index in [0.29, 0.717) is 5.92 Å². The van der Waals surface area contributed by atoms with E-state index >= 15 is 0 Å². The average molecular weight is 207 g/mol. The third-order valence-corrected chi connectivity index (χ3v) is 2.24. The topological polar surface area (TPSA) is 70.6 Å². The second-order valence-corrected chi connectivity index (χ2v) is 3.78. The van der Waals surface area contributed by atoms with Gasteiger partial charge in [-0.15, -0.1) is 0 Å². The lowest BCUT2D eigenvalue weighted by Crippen LogP contribution is -2.27. The van der Waals surface area contributed by atoms with Crippen molar-refractivity contribution in [1.29, 1.82) is 0 Å². The fourth-order valence-electron chi connectivity index (χ4n) is 1.45. The molecule has 0 amide bonds. The molecule has 4 heteroatoms. The van der Waals surface area contributed by atoms with Gasteiger partial charge in [0.05, 0.1) is 5.69 Å². The van der Waals surface area contributed by atoms with Crippen LogP contribution in [-0.4, -0.2) is 11.2 Å². The number of hydrogen-bond acceptors (Lipinski definition) is 2. The van der Waals surface area contributed by atoms with Crippen molar-refractivity contribution in [1.82, 2.24) is 5.48 Å². The largest absolute Gasteiger partial charge is 0.368 e. The highest BCUT2D eigenvalue weighted by Gasteiger charge is 2.08. The molecule has 0 aliphatic rings. The smallest absolute Gasteiger partial charge is 0.218 e. The zero-order valence-electron chi connectivity index (χ0n) is 9.28. The lowest BCUT2D eigenvalue weighted by molar-refractivity contribution is 0.233. The minimum absolute atomic E-state index is 0.00574. The molecule has 0 unspecified atom stereocenters. The number of benzene rings is 1. The molecule has 0 heterocycles. The van der Waals surface area contributed by atoms with Crippen molar-refractivity contribution in [3.8, 4) is 0 Å². The van der Waals surface area contributed by atoms with Crippen LogP contribution >= 0.6 is 0 Å². The summed E-state index contributed by atoms with van der Waals surface area (Å²) in [5.74, 6) is 0.376. The predicted molar refractivity (Wildman–Crippen MR) is 61.5 cm³/mol. The van der Waals surface area contributed by atoms with E-state index in [0.717, 1.165) is 16.8 Å². The molecule has 0 aromatic heterocycles. The van der Waals surface area contributed by atoms with Crippen LogP contribution < -0.4 is 11.2 Å². The molecule has 82 valence electrons. The van der Waals surface area contributed by atoms with Crippen LogP contribution in [0.2, 0.25) is 0 Å². The van der Waals surface area contributed by atoms with Gasteiger partial charge in [0.15, 0.2) is 0 Å². The molecule has 0 spiro atoms. The first kappa shape index (κ1) is 11.5. The SMILES string of the molecule is Cc1cccc(C(C)C)c1N=C(N)NO. The van der Waals surface area contributed by atoms with Gasteiger partial charge in [0, 0.05) is 0 Å². The van der Waals surface area contributed by atoms with Crippen molar-refractivity contribution in [3.05, 3.63) is 29.3 Å². The minimum Gasteiger partial charge on any atom is -0.368 e. The molecule has 0 saturated heterocycles. The summed E-state index contributed by atoms with van der Waals surface area (Å²) in [4.78, 5) is 4.13. The summed E-state index contributed by atoms with van der Waals surface area (Å²) in [6, 6.07) is 5.97. The first-order valence-electron chi connectivity index (χ1n) is 4.90. The Labute approximate surface area is 89.8 Å². The van der Waals surface area contributed by atoms with Gasteiger partial charge in [0.25, 0.3) is 0 Å². The van der Waals surface area contributed by atoms with Crippen LogP contribution in [0.3, 0.4) is 0 Å². The number of nitrogens with zero attached hydrogens (tertiary/aromatic N) is 1. The highest BCUT2D eigenvalue weighted by molar-refractivity contribution is 5.81. The molecule has 15 heavy (non-hydrogen) atoms. The highest BCUT2D eigenvalue weighted by Crippen LogP contribution is 2.29. The molecule has 1 aromatic carbocycles. The Morgan fingerprint density at radius 2 is 2.13 bits per heavy atom. The standard InChI is InChI=1S/C11H17N3O/c1-7(2)9-6-4-5-8(3)10(9)13-11(12)14-15/h4-7,15H,1-3H3,(H3,12,13,14). The van der Waals surface area contributed by atoms with Gasteiger partial charge in [0.1, 0.15) is 0 Å². The Morgan fingerprint density at radius 1 is 1.47 bits per heavy atom. The third-order valence-electron chi connectivity index (χ3n) is 2.24. The monoisotopic (exact) mass is 207 g/mol. The Kier molecular flexibility index (Phi) is 3.68. The summed E-state index contributed by atoms with van der Waals surface area (Å²) in [6.07, 6.45) is 0. The average Bonchev–Trinajstić information content (AvgIpc) is 2.20. The molecule has 0 atom stereocenters. The third kappa shape index (κ3) is 2.70. The van der Waals surface area contributed by atoms with E-state index in [2.05, 4.69) is 18.8 Å². The molecule has 4 N–H and O–H groups in total. The number of hydroxylamine groups is 1. The van der Waals surface area contributed by atoms with Crippen molar-refractivity contribution in [2.24, 2.45) is 10.7 Å². The van der Waals surface area contributed by atoms with Gasteiger partial charge in [-0.05, 0) is 24.0 Å². The van der Waals surface area contributed by atoms with E-state index < -0.39 is 0 Å². The molecule has 1 rings (SSSR count). The van der Waals surface area contributed by atoms with E-state index in [1.807, 2.05) is 30.6 Å². The van der Waals surface area contributed by atoms with Crippen molar-refractivity contribution >= 4 is 11.6 Å².